The molecule has 0 atom stereocenters. The maximum Gasteiger partial charge on any atom is 0.266 e. The van der Waals surface area contributed by atoms with Crippen LogP contribution in [-0.4, -0.2) is 0 Å². The van der Waals surface area contributed by atoms with E-state index in [0.717, 1.165) is 11.6 Å². The molecule has 1 rings (SSSR count). The normalized spacial score (nSPS) is 10.2. The lowest BCUT2D eigenvalue weighted by Crippen LogP contribution is -1.94. The van der Waals surface area contributed by atoms with Crippen molar-refractivity contribution in [2.75, 3.05) is 0 Å². The van der Waals surface area contributed by atoms with Crippen LogP contribution in [-0.2, 0) is 0 Å². The highest BCUT2D eigenvalue weighted by atomic mass is 19.3. The Labute approximate surface area is 89.1 Å². The molecule has 0 heterocycles. The Bertz CT molecular complexity index is 293. The second-order valence-corrected chi connectivity index (χ2v) is 3.24. The van der Waals surface area contributed by atoms with Gasteiger partial charge in [-0.25, -0.2) is 13.2 Å². The Hall–Kier alpha value is -0.990. The Kier molecular flexibility index (Phi) is 6.06. The van der Waals surface area contributed by atoms with Gasteiger partial charge < -0.3 is 0 Å². The third-order valence-electron chi connectivity index (χ3n) is 1.93. The van der Waals surface area contributed by atoms with Gasteiger partial charge in [0.2, 0.25) is 0 Å². The van der Waals surface area contributed by atoms with Crippen LogP contribution < -0.4 is 0 Å². The SMILES string of the molecule is CC.CC(C)c1ccc(C(F)F)c(F)c1. The van der Waals surface area contributed by atoms with Gasteiger partial charge in [0.05, 0.1) is 5.56 Å². The zero-order valence-electron chi connectivity index (χ0n) is 9.52. The van der Waals surface area contributed by atoms with Gasteiger partial charge in [0.1, 0.15) is 5.82 Å². The van der Waals surface area contributed by atoms with Crippen LogP contribution in [0.1, 0.15) is 51.2 Å². The van der Waals surface area contributed by atoms with Gasteiger partial charge in [-0.15, -0.1) is 0 Å². The molecule has 0 aliphatic carbocycles. The number of hydrogen-bond acceptors (Lipinski definition) is 0. The third-order valence-corrected chi connectivity index (χ3v) is 1.93. The zero-order valence-corrected chi connectivity index (χ0v) is 9.52. The summed E-state index contributed by atoms with van der Waals surface area (Å²) in [6, 6.07) is 3.86. The first-order chi connectivity index (χ1) is 7.02. The Balaban J connectivity index is 0.000000921. The van der Waals surface area contributed by atoms with Crippen LogP contribution in [0.15, 0.2) is 18.2 Å². The molecule has 0 amide bonds. The lowest BCUT2D eigenvalue weighted by Gasteiger charge is -2.07. The highest BCUT2D eigenvalue weighted by Crippen LogP contribution is 2.25. The lowest BCUT2D eigenvalue weighted by molar-refractivity contribution is 0.146. The standard InChI is InChI=1S/C10H11F3.C2H6/c1-6(2)7-3-4-8(10(12)13)9(11)5-7;1-2/h3-6,10H,1-2H3;1-2H3. The second kappa shape index (κ2) is 6.49. The molecule has 0 N–H and O–H groups in total. The average Bonchev–Trinajstić information content (AvgIpc) is 2.20. The van der Waals surface area contributed by atoms with Crippen LogP contribution in [0.2, 0.25) is 0 Å². The molecule has 0 unspecified atom stereocenters. The number of hydrogen-bond donors (Lipinski definition) is 0. The Morgan fingerprint density at radius 1 is 1.07 bits per heavy atom. The monoisotopic (exact) mass is 218 g/mol. The van der Waals surface area contributed by atoms with Crippen molar-refractivity contribution in [2.45, 2.75) is 40.0 Å². The molecule has 0 aliphatic rings. The van der Waals surface area contributed by atoms with E-state index in [0.29, 0.717) is 0 Å². The van der Waals surface area contributed by atoms with Crippen LogP contribution in [0.3, 0.4) is 0 Å². The third kappa shape index (κ3) is 3.94. The Morgan fingerprint density at radius 2 is 1.60 bits per heavy atom. The van der Waals surface area contributed by atoms with E-state index in [2.05, 4.69) is 0 Å². The van der Waals surface area contributed by atoms with Gasteiger partial charge in [-0.05, 0) is 17.5 Å². The van der Waals surface area contributed by atoms with Gasteiger partial charge >= 0.3 is 0 Å². The van der Waals surface area contributed by atoms with E-state index in [-0.39, 0.29) is 5.92 Å². The van der Waals surface area contributed by atoms with Crippen molar-refractivity contribution >= 4 is 0 Å². The predicted octanol–water partition coefficient (Wildman–Crippen LogP) is 4.91. The van der Waals surface area contributed by atoms with Crippen molar-refractivity contribution in [3.8, 4) is 0 Å². The first-order valence-electron chi connectivity index (χ1n) is 5.10. The van der Waals surface area contributed by atoms with E-state index >= 15 is 0 Å². The molecule has 0 saturated heterocycles. The largest absolute Gasteiger partial charge is 0.266 e. The quantitative estimate of drug-likeness (QED) is 0.661. The molecule has 0 aliphatic heterocycles. The maximum absolute atomic E-state index is 13.0. The van der Waals surface area contributed by atoms with Gasteiger partial charge in [0.25, 0.3) is 6.43 Å². The van der Waals surface area contributed by atoms with Crippen molar-refractivity contribution in [2.24, 2.45) is 0 Å². The second-order valence-electron chi connectivity index (χ2n) is 3.24. The van der Waals surface area contributed by atoms with Crippen molar-refractivity contribution in [3.63, 3.8) is 0 Å². The van der Waals surface area contributed by atoms with E-state index in [1.807, 2.05) is 27.7 Å². The smallest absolute Gasteiger partial charge is 0.206 e. The summed E-state index contributed by atoms with van der Waals surface area (Å²) in [5.41, 5.74) is 0.214. The zero-order chi connectivity index (χ0) is 12.0. The minimum absolute atomic E-state index is 0.154. The Morgan fingerprint density at radius 3 is 1.93 bits per heavy atom. The summed E-state index contributed by atoms with van der Waals surface area (Å²) in [6.45, 7) is 7.77. The van der Waals surface area contributed by atoms with Crippen LogP contribution in [0.5, 0.6) is 0 Å². The maximum atomic E-state index is 13.0. The molecule has 0 nitrogen and oxygen atoms in total. The number of halogens is 3. The van der Waals surface area contributed by atoms with Crippen LogP contribution >= 0.6 is 0 Å². The van der Waals surface area contributed by atoms with Crippen LogP contribution in [0.25, 0.3) is 0 Å². The van der Waals surface area contributed by atoms with E-state index in [4.69, 9.17) is 0 Å². The molecule has 3 heteroatoms. The van der Waals surface area contributed by atoms with Crippen molar-refractivity contribution in [1.82, 2.24) is 0 Å². The topological polar surface area (TPSA) is 0 Å². The minimum atomic E-state index is -2.73. The summed E-state index contributed by atoms with van der Waals surface area (Å²) in [6.07, 6.45) is -2.73. The summed E-state index contributed by atoms with van der Waals surface area (Å²) in [5, 5.41) is 0. The molecule has 0 bridgehead atoms. The summed E-state index contributed by atoms with van der Waals surface area (Å²) in [4.78, 5) is 0. The van der Waals surface area contributed by atoms with E-state index in [1.54, 1.807) is 0 Å². The first-order valence-corrected chi connectivity index (χ1v) is 5.10. The van der Waals surface area contributed by atoms with Crippen LogP contribution in [0.4, 0.5) is 13.2 Å². The number of alkyl halides is 2. The van der Waals surface area contributed by atoms with Crippen molar-refractivity contribution < 1.29 is 13.2 Å². The minimum Gasteiger partial charge on any atom is -0.206 e. The molecule has 86 valence electrons. The summed E-state index contributed by atoms with van der Waals surface area (Å²) < 4.78 is 37.2. The molecule has 1 aromatic carbocycles. The predicted molar refractivity (Wildman–Crippen MR) is 56.8 cm³/mol. The molecule has 0 fully saturated rings. The van der Waals surface area contributed by atoms with Gasteiger partial charge in [0, 0.05) is 0 Å². The highest BCUT2D eigenvalue weighted by molar-refractivity contribution is 5.27. The van der Waals surface area contributed by atoms with Gasteiger partial charge in [-0.1, -0.05) is 39.8 Å². The van der Waals surface area contributed by atoms with Crippen molar-refractivity contribution in [3.05, 3.63) is 35.1 Å². The first kappa shape index (κ1) is 14.0. The number of benzene rings is 1. The number of rotatable bonds is 2. The molecule has 15 heavy (non-hydrogen) atoms. The summed E-state index contributed by atoms with van der Waals surface area (Å²) in [7, 11) is 0. The summed E-state index contributed by atoms with van der Waals surface area (Å²) in [5.74, 6) is -0.664. The fraction of sp³-hybridized carbons (Fsp3) is 0.500. The molecule has 0 spiro atoms. The lowest BCUT2D eigenvalue weighted by atomic mass is 10.0. The fourth-order valence-electron chi connectivity index (χ4n) is 1.08. The summed E-state index contributed by atoms with van der Waals surface area (Å²) >= 11 is 0. The molecule has 0 aromatic heterocycles. The van der Waals surface area contributed by atoms with E-state index in [9.17, 15) is 13.2 Å². The average molecular weight is 218 g/mol. The molecular formula is C12H17F3. The molecule has 1 aromatic rings. The van der Waals surface area contributed by atoms with E-state index < -0.39 is 17.8 Å². The molecular weight excluding hydrogens is 201 g/mol. The van der Waals surface area contributed by atoms with Gasteiger partial charge in [0.15, 0.2) is 0 Å². The molecule has 0 saturated carbocycles. The fourth-order valence-corrected chi connectivity index (χ4v) is 1.08. The molecule has 0 radical (unpaired) electrons. The van der Waals surface area contributed by atoms with E-state index in [1.165, 1.54) is 12.1 Å². The van der Waals surface area contributed by atoms with Crippen molar-refractivity contribution in [1.29, 1.82) is 0 Å². The highest BCUT2D eigenvalue weighted by Gasteiger charge is 2.13. The van der Waals surface area contributed by atoms with Crippen LogP contribution in [0, 0.1) is 5.82 Å². The van der Waals surface area contributed by atoms with Gasteiger partial charge in [-0.3, -0.25) is 0 Å². The van der Waals surface area contributed by atoms with Gasteiger partial charge in [-0.2, -0.15) is 0 Å².